The van der Waals surface area contributed by atoms with Crippen molar-refractivity contribution in [3.8, 4) is 0 Å². The zero-order chi connectivity index (χ0) is 30.0. The van der Waals surface area contributed by atoms with Crippen LogP contribution in [0.5, 0.6) is 0 Å². The molecule has 1 atom stereocenters. The summed E-state index contributed by atoms with van der Waals surface area (Å²) < 4.78 is 0. The third-order valence-electron chi connectivity index (χ3n) is 7.78. The Bertz CT molecular complexity index is 1650. The van der Waals surface area contributed by atoms with Crippen molar-refractivity contribution in [2.45, 2.75) is 12.6 Å². The zero-order valence-corrected chi connectivity index (χ0v) is 28.2. The first kappa shape index (κ1) is 32.6. The van der Waals surface area contributed by atoms with Gasteiger partial charge in [-0.1, -0.05) is 171 Å². The molecule has 3 heteroatoms. The van der Waals surface area contributed by atoms with Crippen molar-refractivity contribution in [3.05, 3.63) is 217 Å². The second-order valence-electron chi connectivity index (χ2n) is 10.6. The van der Waals surface area contributed by atoms with Crippen LogP contribution in [0.3, 0.4) is 0 Å². The summed E-state index contributed by atoms with van der Waals surface area (Å²) in [5.74, 6) is 0. The minimum Gasteiger partial charge on any atom is -0.214 e. The maximum absolute atomic E-state index is 2.42. The predicted octanol–water partition coefficient (Wildman–Crippen LogP) is 9.49. The fourth-order valence-electron chi connectivity index (χ4n) is 5.75. The van der Waals surface area contributed by atoms with Gasteiger partial charge in [-0.25, -0.2) is 12.1 Å². The maximum Gasteiger partial charge on any atom is 2.00 e. The zero-order valence-electron chi connectivity index (χ0n) is 25.3. The first-order valence-electron chi connectivity index (χ1n) is 15.1. The topological polar surface area (TPSA) is 0 Å². The van der Waals surface area contributed by atoms with Crippen molar-refractivity contribution in [1.29, 1.82) is 0 Å². The molecule has 2 aliphatic rings. The quantitative estimate of drug-likeness (QED) is 0.0929. The van der Waals surface area contributed by atoms with Gasteiger partial charge in [-0.3, -0.25) is 0 Å². The number of allylic oxidation sites excluding steroid dienone is 10. The van der Waals surface area contributed by atoms with Gasteiger partial charge in [0.2, 0.25) is 0 Å². The first-order chi connectivity index (χ1) is 21.8. The van der Waals surface area contributed by atoms with Crippen LogP contribution in [-0.4, -0.2) is 5.66 Å². The SMILES string of the molecule is C[C@@H](C1=CC=C/C1=C1/C=CC=C[C-]1P(c1ccccc1)c1ccccc1)P(c1ccccc1)c1ccccc1.[Fe+2].c1cc[cH-]c1. The van der Waals surface area contributed by atoms with E-state index >= 15 is 0 Å². The third kappa shape index (κ3) is 7.89. The van der Waals surface area contributed by atoms with Gasteiger partial charge in [0.25, 0.3) is 0 Å². The molecule has 5 aromatic carbocycles. The monoisotopic (exact) mass is 658 g/mol. The molecular weight excluding hydrogens is 622 g/mol. The van der Waals surface area contributed by atoms with Crippen LogP contribution in [0.25, 0.3) is 0 Å². The fraction of sp³-hybridized carbons (Fsp3) is 0.0476. The molecule has 5 aromatic rings. The Kier molecular flexibility index (Phi) is 11.9. The van der Waals surface area contributed by atoms with Crippen LogP contribution in [0.15, 0.2) is 211 Å². The average Bonchev–Trinajstić information content (AvgIpc) is 3.84. The number of benzene rings is 4. The van der Waals surface area contributed by atoms with Crippen LogP contribution < -0.4 is 21.2 Å². The number of rotatable bonds is 7. The summed E-state index contributed by atoms with van der Waals surface area (Å²) in [7, 11) is -1.28. The van der Waals surface area contributed by atoms with Gasteiger partial charge in [-0.2, -0.15) is 18.2 Å². The van der Waals surface area contributed by atoms with Gasteiger partial charge in [-0.05, 0) is 29.1 Å². The van der Waals surface area contributed by atoms with Gasteiger partial charge >= 0.3 is 17.1 Å². The van der Waals surface area contributed by atoms with Crippen molar-refractivity contribution in [1.82, 2.24) is 0 Å². The van der Waals surface area contributed by atoms with E-state index in [-0.39, 0.29) is 17.1 Å². The summed E-state index contributed by atoms with van der Waals surface area (Å²) in [5, 5.41) is 5.59. The fourth-order valence-corrected chi connectivity index (χ4v) is 10.9. The van der Waals surface area contributed by atoms with Crippen LogP contribution in [-0.2, 0) is 17.1 Å². The standard InChI is InChI=1S/C37H31P2.C5H5.Fe/c1-29(38(30-17-6-2-7-18-30)31-19-8-3-9-20-31)34-26-16-27-35(34)36-25-14-15-28-37(36)39(32-21-10-4-11-22-32)33-23-12-5-13-24-33;1-2-4-5-3-1;/h2-29H,1H3;1-5H;/q2*-1;+2/b36-35+;;/t29-;;/m0../s1. The molecule has 0 aliphatic heterocycles. The summed E-state index contributed by atoms with van der Waals surface area (Å²) in [6.45, 7) is 2.42. The summed E-state index contributed by atoms with van der Waals surface area (Å²) in [4.78, 5) is 0. The summed E-state index contributed by atoms with van der Waals surface area (Å²) in [6, 6.07) is 54.2. The molecular formula is C42H36FeP2. The van der Waals surface area contributed by atoms with Crippen molar-refractivity contribution >= 4 is 37.1 Å². The van der Waals surface area contributed by atoms with E-state index in [1.54, 1.807) is 0 Å². The molecule has 45 heavy (non-hydrogen) atoms. The van der Waals surface area contributed by atoms with Crippen molar-refractivity contribution in [2.75, 3.05) is 0 Å². The molecule has 0 bridgehead atoms. The minimum atomic E-state index is -0.701. The van der Waals surface area contributed by atoms with Crippen LogP contribution in [0.1, 0.15) is 6.92 Å². The van der Waals surface area contributed by atoms with E-state index in [1.165, 1.54) is 43.6 Å². The normalized spacial score (nSPS) is 15.8. The molecule has 0 saturated heterocycles. The van der Waals surface area contributed by atoms with Gasteiger partial charge in [0, 0.05) is 5.66 Å². The second kappa shape index (κ2) is 16.5. The van der Waals surface area contributed by atoms with Gasteiger partial charge in [0.15, 0.2) is 0 Å². The molecule has 0 aromatic heterocycles. The van der Waals surface area contributed by atoms with Crippen LogP contribution in [0, 0.1) is 5.66 Å². The molecule has 0 nitrogen and oxygen atoms in total. The van der Waals surface area contributed by atoms with Gasteiger partial charge in [-0.15, -0.1) is 29.9 Å². The molecule has 222 valence electrons. The third-order valence-corrected chi connectivity index (χ3v) is 13.0. The Balaban J connectivity index is 0.000000609. The minimum absolute atomic E-state index is 0. The van der Waals surface area contributed by atoms with Crippen LogP contribution in [0.4, 0.5) is 0 Å². The molecule has 0 radical (unpaired) electrons. The molecule has 0 heterocycles. The van der Waals surface area contributed by atoms with Crippen molar-refractivity contribution < 1.29 is 17.1 Å². The molecule has 7 rings (SSSR count). The Morgan fingerprint density at radius 1 is 0.556 bits per heavy atom. The predicted molar refractivity (Wildman–Crippen MR) is 195 cm³/mol. The van der Waals surface area contributed by atoms with Crippen LogP contribution >= 0.6 is 15.8 Å². The molecule has 0 spiro atoms. The molecule has 2 aliphatic carbocycles. The van der Waals surface area contributed by atoms with Crippen molar-refractivity contribution in [3.63, 3.8) is 0 Å². The van der Waals surface area contributed by atoms with E-state index in [4.69, 9.17) is 0 Å². The molecule has 0 fully saturated rings. The Morgan fingerprint density at radius 2 is 1.04 bits per heavy atom. The summed E-state index contributed by atoms with van der Waals surface area (Å²) >= 11 is 0. The van der Waals surface area contributed by atoms with Crippen molar-refractivity contribution in [2.24, 2.45) is 0 Å². The molecule has 0 saturated carbocycles. The molecule has 0 N–H and O–H groups in total. The van der Waals surface area contributed by atoms with E-state index < -0.39 is 15.8 Å². The van der Waals surface area contributed by atoms with Crippen LogP contribution in [0.2, 0.25) is 0 Å². The Hall–Kier alpha value is -3.82. The number of hydrogen-bond donors (Lipinski definition) is 0. The smallest absolute Gasteiger partial charge is 0.214 e. The summed E-state index contributed by atoms with van der Waals surface area (Å²) in [6.07, 6.45) is 16.0. The molecule has 0 amide bonds. The summed E-state index contributed by atoms with van der Waals surface area (Å²) in [5.41, 5.74) is 5.91. The number of hydrogen-bond acceptors (Lipinski definition) is 0. The van der Waals surface area contributed by atoms with E-state index in [1.807, 2.05) is 30.3 Å². The average molecular weight is 659 g/mol. The second-order valence-corrected chi connectivity index (χ2v) is 15.3. The Labute approximate surface area is 282 Å². The van der Waals surface area contributed by atoms with E-state index in [0.29, 0.717) is 5.66 Å². The van der Waals surface area contributed by atoms with Gasteiger partial charge in [0.05, 0.1) is 0 Å². The van der Waals surface area contributed by atoms with E-state index in [2.05, 4.69) is 171 Å². The largest absolute Gasteiger partial charge is 2.00 e. The van der Waals surface area contributed by atoms with E-state index in [0.717, 1.165) is 0 Å². The van der Waals surface area contributed by atoms with E-state index in [9.17, 15) is 0 Å². The molecule has 0 unspecified atom stereocenters. The Morgan fingerprint density at radius 3 is 1.51 bits per heavy atom. The first-order valence-corrected chi connectivity index (χ1v) is 17.9. The maximum atomic E-state index is 2.42. The van der Waals surface area contributed by atoms with Gasteiger partial charge < -0.3 is 0 Å². The van der Waals surface area contributed by atoms with Gasteiger partial charge in [0.1, 0.15) is 0 Å².